The molecule has 0 saturated carbocycles. The number of nitrogens with two attached hydrogens (primary N) is 3. The number of hydrogen-bond donors (Lipinski definition) is 3. The third-order valence-electron chi connectivity index (χ3n) is 3.67. The standard InChI is InChI=1S/C16H19N5O2.C3H8.C2H6.CH5N/c1-2-7-21-12(9-23-13(22)8-17)20-14-15(21)10-5-3-4-6-11(10)19-16(14)18;1-3-2;2*1-2/h3-6H,2,7-9,17H2,1H3,(H2,18,19);3H2,1-2H3;1-2H3;2H2,1H3. The third kappa shape index (κ3) is 6.96. The fourth-order valence-electron chi connectivity index (χ4n) is 2.68. The van der Waals surface area contributed by atoms with Crippen LogP contribution < -0.4 is 17.2 Å². The van der Waals surface area contributed by atoms with Crippen LogP contribution in [-0.2, 0) is 22.7 Å². The molecule has 8 nitrogen and oxygen atoms in total. The van der Waals surface area contributed by atoms with Gasteiger partial charge in [-0.1, -0.05) is 59.2 Å². The maximum absolute atomic E-state index is 11.3. The van der Waals surface area contributed by atoms with Gasteiger partial charge in [-0.25, -0.2) is 9.97 Å². The van der Waals surface area contributed by atoms with Crippen LogP contribution in [0.3, 0.4) is 0 Å². The molecule has 0 fully saturated rings. The van der Waals surface area contributed by atoms with Crippen LogP contribution >= 0.6 is 0 Å². The van der Waals surface area contributed by atoms with Gasteiger partial charge in [-0.05, 0) is 19.5 Å². The second kappa shape index (κ2) is 15.2. The number of hydrogen-bond acceptors (Lipinski definition) is 7. The summed E-state index contributed by atoms with van der Waals surface area (Å²) in [5.41, 5.74) is 18.2. The van der Waals surface area contributed by atoms with Gasteiger partial charge in [0.1, 0.15) is 17.9 Å². The molecule has 2 heterocycles. The maximum atomic E-state index is 11.3. The molecule has 0 saturated heterocycles. The number of aryl methyl sites for hydroxylation is 1. The molecule has 0 spiro atoms. The normalized spacial score (nSPS) is 9.60. The molecule has 30 heavy (non-hydrogen) atoms. The highest BCUT2D eigenvalue weighted by atomic mass is 16.5. The molecule has 1 aromatic carbocycles. The van der Waals surface area contributed by atoms with E-state index in [1.807, 2.05) is 42.7 Å². The first-order chi connectivity index (χ1) is 14.6. The van der Waals surface area contributed by atoms with Crippen molar-refractivity contribution < 1.29 is 9.53 Å². The van der Waals surface area contributed by atoms with Crippen molar-refractivity contribution >= 4 is 33.7 Å². The molecule has 8 heteroatoms. The minimum absolute atomic E-state index is 0.0679. The van der Waals surface area contributed by atoms with Crippen LogP contribution in [0.4, 0.5) is 5.82 Å². The average Bonchev–Trinajstić information content (AvgIpc) is 3.15. The smallest absolute Gasteiger partial charge is 0.320 e. The quantitative estimate of drug-likeness (QED) is 0.539. The number of esters is 1. The molecule has 168 valence electrons. The van der Waals surface area contributed by atoms with Crippen molar-refractivity contribution in [1.29, 1.82) is 0 Å². The van der Waals surface area contributed by atoms with E-state index in [1.165, 1.54) is 13.5 Å². The van der Waals surface area contributed by atoms with E-state index in [1.54, 1.807) is 0 Å². The number of carbonyl (C=O) groups is 1. The van der Waals surface area contributed by atoms with Gasteiger partial charge in [-0.3, -0.25) is 4.79 Å². The summed E-state index contributed by atoms with van der Waals surface area (Å²) < 4.78 is 7.18. The highest BCUT2D eigenvalue weighted by Gasteiger charge is 2.17. The largest absolute Gasteiger partial charge is 0.457 e. The summed E-state index contributed by atoms with van der Waals surface area (Å²) in [4.78, 5) is 20.3. The number of nitrogen functional groups attached to an aromatic ring is 1. The van der Waals surface area contributed by atoms with E-state index in [9.17, 15) is 4.79 Å². The zero-order valence-corrected chi connectivity index (χ0v) is 19.2. The Kier molecular flexibility index (Phi) is 13.8. The molecule has 2 aromatic heterocycles. The van der Waals surface area contributed by atoms with Gasteiger partial charge in [-0.15, -0.1) is 0 Å². The van der Waals surface area contributed by atoms with Crippen molar-refractivity contribution in [2.75, 3.05) is 19.3 Å². The molecule has 0 bridgehead atoms. The molecular formula is C22H38N6O2. The monoisotopic (exact) mass is 418 g/mol. The van der Waals surface area contributed by atoms with Crippen LogP contribution in [0.5, 0.6) is 0 Å². The molecule has 0 aliphatic carbocycles. The highest BCUT2D eigenvalue weighted by molar-refractivity contribution is 6.06. The molecule has 0 unspecified atom stereocenters. The summed E-state index contributed by atoms with van der Waals surface area (Å²) in [5, 5.41) is 0.981. The lowest BCUT2D eigenvalue weighted by Crippen LogP contribution is -2.17. The lowest BCUT2D eigenvalue weighted by molar-refractivity contribution is -0.143. The number of ether oxygens (including phenoxy) is 1. The summed E-state index contributed by atoms with van der Waals surface area (Å²) in [7, 11) is 1.50. The number of nitrogens with zero attached hydrogens (tertiary/aromatic N) is 3. The Bertz CT molecular complexity index is 892. The molecule has 0 amide bonds. The molecule has 0 aliphatic heterocycles. The number of pyridine rings is 1. The molecule has 0 aliphatic rings. The number of para-hydroxylation sites is 1. The van der Waals surface area contributed by atoms with Crippen molar-refractivity contribution in [2.24, 2.45) is 11.5 Å². The second-order valence-electron chi connectivity index (χ2n) is 5.96. The van der Waals surface area contributed by atoms with Crippen molar-refractivity contribution in [3.05, 3.63) is 30.1 Å². The fourth-order valence-corrected chi connectivity index (χ4v) is 2.68. The van der Waals surface area contributed by atoms with E-state index in [-0.39, 0.29) is 13.2 Å². The van der Waals surface area contributed by atoms with Gasteiger partial charge < -0.3 is 26.5 Å². The number of anilines is 1. The number of fused-ring (bicyclic) bond motifs is 3. The minimum Gasteiger partial charge on any atom is -0.457 e. The first-order valence-electron chi connectivity index (χ1n) is 10.5. The predicted octanol–water partition coefficient (Wildman–Crippen LogP) is 3.60. The van der Waals surface area contributed by atoms with E-state index in [2.05, 4.69) is 36.5 Å². The summed E-state index contributed by atoms with van der Waals surface area (Å²) in [6.45, 7) is 11.0. The van der Waals surface area contributed by atoms with Gasteiger partial charge in [0.2, 0.25) is 0 Å². The van der Waals surface area contributed by atoms with E-state index in [0.29, 0.717) is 17.2 Å². The van der Waals surface area contributed by atoms with Gasteiger partial charge in [0.25, 0.3) is 0 Å². The van der Waals surface area contributed by atoms with Crippen molar-refractivity contribution in [2.45, 2.75) is 60.6 Å². The summed E-state index contributed by atoms with van der Waals surface area (Å²) in [6, 6.07) is 7.79. The lowest BCUT2D eigenvalue weighted by atomic mass is 10.2. The Morgan fingerprint density at radius 2 is 1.70 bits per heavy atom. The molecule has 0 atom stereocenters. The SMILES string of the molecule is CC.CCC.CCCn1c(COC(=O)CN)nc2c(N)nc3ccccc3c21.CN. The van der Waals surface area contributed by atoms with Gasteiger partial charge >= 0.3 is 5.97 Å². The Labute approximate surface area is 179 Å². The molecule has 3 aromatic rings. The Morgan fingerprint density at radius 3 is 2.27 bits per heavy atom. The minimum atomic E-state index is -0.462. The van der Waals surface area contributed by atoms with Crippen LogP contribution in [0.2, 0.25) is 0 Å². The van der Waals surface area contributed by atoms with E-state index in [0.717, 1.165) is 29.4 Å². The first-order valence-corrected chi connectivity index (χ1v) is 10.5. The zero-order chi connectivity index (χ0) is 23.1. The van der Waals surface area contributed by atoms with Crippen molar-refractivity contribution in [3.63, 3.8) is 0 Å². The number of aromatic nitrogens is 3. The van der Waals surface area contributed by atoms with Crippen molar-refractivity contribution in [3.8, 4) is 0 Å². The van der Waals surface area contributed by atoms with Gasteiger partial charge in [0, 0.05) is 11.9 Å². The van der Waals surface area contributed by atoms with Crippen molar-refractivity contribution in [1.82, 2.24) is 14.5 Å². The molecule has 0 radical (unpaired) electrons. The number of rotatable bonds is 5. The molecular weight excluding hydrogens is 380 g/mol. The highest BCUT2D eigenvalue weighted by Crippen LogP contribution is 2.29. The number of carbonyl (C=O) groups excluding carboxylic acids is 1. The summed E-state index contributed by atoms with van der Waals surface area (Å²) in [6.07, 6.45) is 2.17. The predicted molar refractivity (Wildman–Crippen MR) is 126 cm³/mol. The van der Waals surface area contributed by atoms with Gasteiger partial charge in [0.05, 0.1) is 17.6 Å². The van der Waals surface area contributed by atoms with E-state index in [4.69, 9.17) is 16.2 Å². The first kappa shape index (κ1) is 27.3. The summed E-state index contributed by atoms with van der Waals surface area (Å²) >= 11 is 0. The number of imidazole rings is 1. The number of benzene rings is 1. The topological polar surface area (TPSA) is 135 Å². The zero-order valence-electron chi connectivity index (χ0n) is 19.2. The molecule has 6 N–H and O–H groups in total. The van der Waals surface area contributed by atoms with E-state index >= 15 is 0 Å². The Balaban J connectivity index is 0.00000108. The van der Waals surface area contributed by atoms with Crippen LogP contribution in [0.25, 0.3) is 21.9 Å². The maximum Gasteiger partial charge on any atom is 0.320 e. The summed E-state index contributed by atoms with van der Waals surface area (Å²) in [5.74, 6) is 0.560. The Morgan fingerprint density at radius 1 is 1.10 bits per heavy atom. The average molecular weight is 419 g/mol. The molecule has 3 rings (SSSR count). The van der Waals surface area contributed by atoms with E-state index < -0.39 is 5.97 Å². The van der Waals surface area contributed by atoms with Crippen LogP contribution in [0.15, 0.2) is 24.3 Å². The van der Waals surface area contributed by atoms with Crippen LogP contribution in [-0.4, -0.2) is 34.1 Å². The fraction of sp³-hybridized carbons (Fsp3) is 0.500. The van der Waals surface area contributed by atoms with Crippen LogP contribution in [0, 0.1) is 0 Å². The Hall–Kier alpha value is -2.71. The lowest BCUT2D eigenvalue weighted by Gasteiger charge is -2.09. The van der Waals surface area contributed by atoms with Gasteiger partial charge in [0.15, 0.2) is 5.82 Å². The van der Waals surface area contributed by atoms with Crippen LogP contribution in [0.1, 0.15) is 53.3 Å². The second-order valence-corrected chi connectivity index (χ2v) is 5.96. The van der Waals surface area contributed by atoms with Gasteiger partial charge in [-0.2, -0.15) is 0 Å². The third-order valence-corrected chi connectivity index (χ3v) is 3.67.